The van der Waals surface area contributed by atoms with Crippen molar-refractivity contribution >= 4 is 11.4 Å². The number of benzene rings is 2. The first-order chi connectivity index (χ1) is 12.6. The smallest absolute Gasteiger partial charge is 0.231 e. The Morgan fingerprint density at radius 1 is 1.19 bits per heavy atom. The number of aliphatic hydroxyl groups is 2. The van der Waals surface area contributed by atoms with Gasteiger partial charge in [-0.25, -0.2) is 0 Å². The van der Waals surface area contributed by atoms with E-state index >= 15 is 0 Å². The molecule has 2 N–H and O–H groups in total. The van der Waals surface area contributed by atoms with E-state index in [4.69, 9.17) is 9.47 Å². The number of allylic oxidation sites excluding steroid dienone is 1. The molecule has 0 bridgehead atoms. The minimum absolute atomic E-state index is 0.0954. The molecule has 26 heavy (non-hydrogen) atoms. The average Bonchev–Trinajstić information content (AvgIpc) is 3.14. The maximum atomic E-state index is 13.3. The zero-order valence-electron chi connectivity index (χ0n) is 14.4. The molecule has 0 saturated carbocycles. The topological polar surface area (TPSA) is 76.0 Å². The van der Waals surface area contributed by atoms with E-state index in [1.165, 1.54) is 0 Å². The Morgan fingerprint density at radius 2 is 1.96 bits per heavy atom. The van der Waals surface area contributed by atoms with Crippen molar-refractivity contribution in [3.05, 3.63) is 65.2 Å². The van der Waals surface area contributed by atoms with E-state index in [-0.39, 0.29) is 12.4 Å². The number of fused-ring (bicyclic) bond motifs is 2. The van der Waals surface area contributed by atoms with Crippen LogP contribution in [0.3, 0.4) is 0 Å². The molecule has 5 heteroatoms. The highest BCUT2D eigenvalue weighted by Gasteiger charge is 2.51. The predicted octanol–water partition coefficient (Wildman–Crippen LogP) is 3.10. The number of hydrogen-bond acceptors (Lipinski definition) is 5. The average molecular weight is 352 g/mol. The fourth-order valence-electron chi connectivity index (χ4n) is 3.57. The summed E-state index contributed by atoms with van der Waals surface area (Å²) in [5.74, 6) is 0.502. The maximum Gasteiger partial charge on any atom is 0.231 e. The fourth-order valence-corrected chi connectivity index (χ4v) is 3.57. The van der Waals surface area contributed by atoms with Gasteiger partial charge in [0.05, 0.1) is 0 Å². The maximum absolute atomic E-state index is 13.3. The van der Waals surface area contributed by atoms with Gasteiger partial charge in [0.1, 0.15) is 6.10 Å². The summed E-state index contributed by atoms with van der Waals surface area (Å²) in [6.07, 6.45) is 2.06. The van der Waals surface area contributed by atoms with E-state index in [0.717, 1.165) is 6.42 Å². The van der Waals surface area contributed by atoms with E-state index in [0.29, 0.717) is 34.6 Å². The minimum atomic E-state index is -2.07. The summed E-state index contributed by atoms with van der Waals surface area (Å²) in [5.41, 5.74) is -0.142. The van der Waals surface area contributed by atoms with Gasteiger partial charge in [0.2, 0.25) is 12.6 Å². The molecule has 1 aliphatic heterocycles. The number of rotatable bonds is 3. The van der Waals surface area contributed by atoms with Crippen LogP contribution in [0.15, 0.2) is 48.5 Å². The number of aliphatic hydroxyl groups excluding tert-OH is 1. The lowest BCUT2D eigenvalue weighted by Gasteiger charge is -2.38. The quantitative estimate of drug-likeness (QED) is 0.830. The highest BCUT2D eigenvalue weighted by molar-refractivity contribution is 6.26. The number of Topliss-reactive ketones (excluding diaryl/α,β-unsaturated/α-hetero) is 1. The predicted molar refractivity (Wildman–Crippen MR) is 95.8 cm³/mol. The number of ketones is 1. The van der Waals surface area contributed by atoms with Crippen LogP contribution in [0.4, 0.5) is 0 Å². The number of carbonyl (C=O) groups excluding carboxylic acids is 1. The van der Waals surface area contributed by atoms with Gasteiger partial charge in [0.25, 0.3) is 0 Å². The lowest BCUT2D eigenvalue weighted by atomic mass is 9.70. The van der Waals surface area contributed by atoms with Crippen molar-refractivity contribution < 1.29 is 24.5 Å². The molecule has 0 unspecified atom stereocenters. The van der Waals surface area contributed by atoms with E-state index in [1.54, 1.807) is 36.4 Å². The summed E-state index contributed by atoms with van der Waals surface area (Å²) in [7, 11) is 0. The van der Waals surface area contributed by atoms with E-state index in [2.05, 4.69) is 0 Å². The van der Waals surface area contributed by atoms with Gasteiger partial charge in [-0.3, -0.25) is 4.79 Å². The molecule has 2 aromatic carbocycles. The van der Waals surface area contributed by atoms with Crippen molar-refractivity contribution in [3.8, 4) is 11.5 Å². The number of hydrogen-bond donors (Lipinski definition) is 2. The molecule has 2 aliphatic rings. The van der Waals surface area contributed by atoms with Crippen LogP contribution in [0, 0.1) is 0 Å². The van der Waals surface area contributed by atoms with Crippen molar-refractivity contribution in [3.63, 3.8) is 0 Å². The monoisotopic (exact) mass is 352 g/mol. The minimum Gasteiger partial charge on any atom is -0.454 e. The molecule has 0 spiro atoms. The van der Waals surface area contributed by atoms with Gasteiger partial charge in [-0.15, -0.1) is 0 Å². The van der Waals surface area contributed by atoms with Crippen molar-refractivity contribution in [2.24, 2.45) is 0 Å². The summed E-state index contributed by atoms with van der Waals surface area (Å²) in [6, 6.07) is 12.0. The van der Waals surface area contributed by atoms with Gasteiger partial charge in [0.15, 0.2) is 17.1 Å². The van der Waals surface area contributed by atoms with Gasteiger partial charge in [-0.1, -0.05) is 49.8 Å². The molecule has 2 aromatic rings. The first-order valence-corrected chi connectivity index (χ1v) is 8.72. The number of carbonyl (C=O) groups is 1. The first-order valence-electron chi connectivity index (χ1n) is 8.72. The van der Waals surface area contributed by atoms with Gasteiger partial charge in [-0.05, 0) is 35.2 Å². The third kappa shape index (κ3) is 2.35. The van der Waals surface area contributed by atoms with Gasteiger partial charge >= 0.3 is 0 Å². The van der Waals surface area contributed by atoms with Gasteiger partial charge < -0.3 is 19.7 Å². The van der Waals surface area contributed by atoms with Gasteiger partial charge in [-0.2, -0.15) is 0 Å². The first kappa shape index (κ1) is 16.8. The molecular weight excluding hydrogens is 332 g/mol. The highest BCUT2D eigenvalue weighted by atomic mass is 16.7. The molecule has 0 aromatic heterocycles. The Balaban J connectivity index is 1.89. The van der Waals surface area contributed by atoms with Crippen molar-refractivity contribution in [2.45, 2.75) is 31.5 Å². The Bertz CT molecular complexity index is 901. The second-order valence-electron chi connectivity index (χ2n) is 6.56. The molecule has 5 nitrogen and oxygen atoms in total. The Hall–Kier alpha value is -2.63. The lowest BCUT2D eigenvalue weighted by Crippen LogP contribution is -2.45. The van der Waals surface area contributed by atoms with Gasteiger partial charge in [0, 0.05) is 5.57 Å². The molecular formula is C21H20O5. The zero-order valence-corrected chi connectivity index (χ0v) is 14.4. The largest absolute Gasteiger partial charge is 0.454 e. The Kier molecular flexibility index (Phi) is 4.05. The van der Waals surface area contributed by atoms with Crippen LogP contribution in [0.2, 0.25) is 0 Å². The van der Waals surface area contributed by atoms with Crippen LogP contribution in [-0.4, -0.2) is 22.8 Å². The zero-order chi connectivity index (χ0) is 18.3. The molecule has 1 heterocycles. The second-order valence-corrected chi connectivity index (χ2v) is 6.56. The third-order valence-corrected chi connectivity index (χ3v) is 4.98. The Morgan fingerprint density at radius 3 is 2.77 bits per heavy atom. The van der Waals surface area contributed by atoms with Crippen LogP contribution in [0.5, 0.6) is 11.5 Å². The lowest BCUT2D eigenvalue weighted by molar-refractivity contribution is -0.148. The van der Waals surface area contributed by atoms with E-state index < -0.39 is 17.5 Å². The molecule has 0 amide bonds. The summed E-state index contributed by atoms with van der Waals surface area (Å²) < 4.78 is 10.7. The molecule has 0 fully saturated rings. The van der Waals surface area contributed by atoms with Crippen LogP contribution >= 0.6 is 0 Å². The molecule has 1 aliphatic carbocycles. The number of unbranched alkanes of at least 4 members (excludes halogenated alkanes) is 1. The second kappa shape index (κ2) is 6.27. The summed E-state index contributed by atoms with van der Waals surface area (Å²) >= 11 is 0. The number of ether oxygens (including phenoxy) is 2. The molecule has 0 radical (unpaired) electrons. The fraction of sp³-hybridized carbons (Fsp3) is 0.286. The van der Waals surface area contributed by atoms with Crippen molar-refractivity contribution in [1.29, 1.82) is 0 Å². The highest BCUT2D eigenvalue weighted by Crippen LogP contribution is 2.48. The molecule has 0 saturated heterocycles. The third-order valence-electron chi connectivity index (χ3n) is 4.98. The SMILES string of the molecule is CCC/C=C1/C(=O)[C@@](O)(c2ccc3c(c2)OCO3)[C@H](O)c2ccccc21. The molecule has 2 atom stereocenters. The molecule has 134 valence electrons. The van der Waals surface area contributed by atoms with E-state index in [1.807, 2.05) is 19.1 Å². The summed E-state index contributed by atoms with van der Waals surface area (Å²) in [5, 5.41) is 22.3. The van der Waals surface area contributed by atoms with Crippen LogP contribution in [0.1, 0.15) is 42.6 Å². The van der Waals surface area contributed by atoms with Crippen LogP contribution < -0.4 is 9.47 Å². The standard InChI is InChI=1S/C21H20O5/c1-2-3-6-15-14-7-4-5-8-16(14)20(23)21(24,19(15)22)13-9-10-17-18(11-13)26-12-25-17/h4-11,20,23-24H,2-3,12H2,1H3/b15-6+/t20-,21+/m1/s1. The van der Waals surface area contributed by atoms with Crippen LogP contribution in [0.25, 0.3) is 5.57 Å². The van der Waals surface area contributed by atoms with Crippen LogP contribution in [-0.2, 0) is 10.4 Å². The Labute approximate surface area is 151 Å². The van der Waals surface area contributed by atoms with Crippen molar-refractivity contribution in [1.82, 2.24) is 0 Å². The van der Waals surface area contributed by atoms with Crippen molar-refractivity contribution in [2.75, 3.05) is 6.79 Å². The molecule has 4 rings (SSSR count). The summed E-state index contributed by atoms with van der Waals surface area (Å²) in [4.78, 5) is 13.3. The summed E-state index contributed by atoms with van der Waals surface area (Å²) in [6.45, 7) is 2.12. The van der Waals surface area contributed by atoms with E-state index in [9.17, 15) is 15.0 Å². The normalized spacial score (nSPS) is 25.4.